The van der Waals surface area contributed by atoms with E-state index in [-0.39, 0.29) is 5.57 Å². The Morgan fingerprint density at radius 2 is 1.28 bits per heavy atom. The fourth-order valence-electron chi connectivity index (χ4n) is 3.53. The van der Waals surface area contributed by atoms with Crippen LogP contribution in [0.15, 0.2) is 117 Å². The highest BCUT2D eigenvalue weighted by Crippen LogP contribution is 2.69. The van der Waals surface area contributed by atoms with Crippen LogP contribution in [0.25, 0.3) is 0 Å². The van der Waals surface area contributed by atoms with Gasteiger partial charge < -0.3 is 4.74 Å². The number of carbonyl (C=O) groups is 1. The molecule has 0 aliphatic carbocycles. The van der Waals surface area contributed by atoms with Crippen molar-refractivity contribution in [1.29, 1.82) is 0 Å². The van der Waals surface area contributed by atoms with E-state index in [4.69, 9.17) is 9.29 Å². The smallest absolute Gasteiger partial charge is 0.400 e. The van der Waals surface area contributed by atoms with E-state index in [1.54, 1.807) is 5.41 Å². The van der Waals surface area contributed by atoms with E-state index in [1.807, 2.05) is 91.0 Å². The van der Waals surface area contributed by atoms with Gasteiger partial charge in [0.2, 0.25) is 0 Å². The summed E-state index contributed by atoms with van der Waals surface area (Å²) in [5.74, 6) is -0.864. The van der Waals surface area contributed by atoms with E-state index in [0.717, 1.165) is 14.7 Å². The van der Waals surface area contributed by atoms with Crippen molar-refractivity contribution in [3.05, 3.63) is 102 Å². The van der Waals surface area contributed by atoms with Gasteiger partial charge in [-0.15, -0.1) is 10.0 Å². The number of halogens is 3. The summed E-state index contributed by atoms with van der Waals surface area (Å²) in [6.45, 7) is 0.708. The molecule has 5 nitrogen and oxygen atoms in total. The van der Waals surface area contributed by atoms with Crippen LogP contribution in [-0.4, -0.2) is 37.0 Å². The van der Waals surface area contributed by atoms with Crippen molar-refractivity contribution in [2.24, 2.45) is 0 Å². The van der Waals surface area contributed by atoms with Crippen molar-refractivity contribution < 1.29 is 35.7 Å². The van der Waals surface area contributed by atoms with Crippen LogP contribution >= 0.6 is 10.0 Å². The Kier molecular flexibility index (Phi) is 8.65. The summed E-state index contributed by atoms with van der Waals surface area (Å²) < 4.78 is 75.6. The number of alkyl halides is 3. The third-order valence-electron chi connectivity index (χ3n) is 5.33. The lowest BCUT2D eigenvalue weighted by atomic mass is 10.3. The largest absolute Gasteiger partial charge is 0.462 e. The maximum absolute atomic E-state index is 13.8. The van der Waals surface area contributed by atoms with Gasteiger partial charge in [-0.05, 0) is 48.7 Å². The molecule has 10 heteroatoms. The van der Waals surface area contributed by atoms with Crippen molar-refractivity contribution in [2.45, 2.75) is 39.5 Å². The van der Waals surface area contributed by atoms with E-state index in [0.29, 0.717) is 0 Å². The average molecular weight is 539 g/mol. The van der Waals surface area contributed by atoms with Crippen LogP contribution in [-0.2, 0) is 19.6 Å². The van der Waals surface area contributed by atoms with Crippen LogP contribution in [0.3, 0.4) is 0 Å². The van der Waals surface area contributed by atoms with Gasteiger partial charge in [0.05, 0.1) is 6.61 Å². The molecule has 1 atom stereocenters. The Hall–Kier alpha value is -3.08. The summed E-state index contributed by atoms with van der Waals surface area (Å²) in [4.78, 5) is 15.6. The predicted molar refractivity (Wildman–Crippen MR) is 132 cm³/mol. The van der Waals surface area contributed by atoms with Gasteiger partial charge in [-0.25, -0.2) is 9.18 Å². The third-order valence-corrected chi connectivity index (χ3v) is 10.0. The lowest BCUT2D eigenvalue weighted by molar-refractivity contribution is -0.140. The quantitative estimate of drug-likeness (QED) is 0.178. The van der Waals surface area contributed by atoms with Crippen molar-refractivity contribution in [3.63, 3.8) is 0 Å². The lowest BCUT2D eigenvalue weighted by Gasteiger charge is -2.39. The molecule has 0 spiro atoms. The molecule has 0 heterocycles. The molecule has 0 bridgehead atoms. The summed E-state index contributed by atoms with van der Waals surface area (Å²) in [6, 6.07) is 28.7. The third kappa shape index (κ3) is 5.83. The number of ether oxygens (including phenoxy) is 1. The second kappa shape index (κ2) is 11.3. The molecule has 0 aliphatic heterocycles. The van der Waals surface area contributed by atoms with Crippen molar-refractivity contribution in [3.8, 4) is 0 Å². The first-order chi connectivity index (χ1) is 17.0. The van der Waals surface area contributed by atoms with Crippen LogP contribution in [0.1, 0.15) is 13.3 Å². The van der Waals surface area contributed by atoms with Crippen LogP contribution in [0.5, 0.6) is 0 Å². The highest BCUT2D eigenvalue weighted by Gasteiger charge is 2.52. The van der Waals surface area contributed by atoms with Gasteiger partial charge in [-0.3, -0.25) is 4.55 Å². The van der Waals surface area contributed by atoms with Crippen molar-refractivity contribution in [2.75, 3.05) is 6.61 Å². The number of hydrogen-bond acceptors (Lipinski definition) is 4. The molecule has 0 fully saturated rings. The van der Waals surface area contributed by atoms with Crippen molar-refractivity contribution in [1.82, 2.24) is 0 Å². The van der Waals surface area contributed by atoms with Gasteiger partial charge in [0.1, 0.15) is 0 Å². The Morgan fingerprint density at radius 1 is 0.889 bits per heavy atom. The molecule has 0 saturated heterocycles. The minimum Gasteiger partial charge on any atom is -0.462 e. The molecule has 0 amide bonds. The zero-order chi connectivity index (χ0) is 26.4. The maximum Gasteiger partial charge on any atom is 0.400 e. The van der Waals surface area contributed by atoms with Crippen LogP contribution in [0.4, 0.5) is 13.2 Å². The molecular weight excluding hydrogens is 513 g/mol. The van der Waals surface area contributed by atoms with E-state index in [9.17, 15) is 26.4 Å². The van der Waals surface area contributed by atoms with Gasteiger partial charge in [0, 0.05) is 26.7 Å². The maximum atomic E-state index is 13.8. The Bertz CT molecular complexity index is 1200. The second-order valence-electron chi connectivity index (χ2n) is 7.83. The first-order valence-corrected chi connectivity index (χ1v) is 14.0. The van der Waals surface area contributed by atoms with Crippen LogP contribution in [0, 0.1) is 0 Å². The molecule has 3 aromatic rings. The Morgan fingerprint density at radius 3 is 1.64 bits per heavy atom. The normalized spacial score (nSPS) is 14.2. The van der Waals surface area contributed by atoms with E-state index in [2.05, 4.69) is 0 Å². The standard InChI is InChI=1S/C26H25F3O5S2/c1-20(25(30)34-18-17-24(27)26(28,29)36(31,32)33)19-35(21-11-5-2-6-12-21,22-13-7-3-8-14-22)23-15-9-4-10-16-23/h2-16,19,24H,17-18H2,1H3,(H,31,32,33). The number of carbonyl (C=O) groups excluding carboxylic acids is 1. The first kappa shape index (κ1) is 27.5. The molecular formula is C26H25F3O5S2. The topological polar surface area (TPSA) is 80.7 Å². The second-order valence-corrected chi connectivity index (χ2v) is 12.3. The van der Waals surface area contributed by atoms with E-state index >= 15 is 0 Å². The van der Waals surface area contributed by atoms with Gasteiger partial charge >= 0.3 is 21.3 Å². The molecule has 1 unspecified atom stereocenters. The van der Waals surface area contributed by atoms with Gasteiger partial charge in [-0.2, -0.15) is 17.2 Å². The average Bonchev–Trinajstić information content (AvgIpc) is 2.87. The van der Waals surface area contributed by atoms with Crippen molar-refractivity contribution >= 4 is 26.1 Å². The van der Waals surface area contributed by atoms with Gasteiger partial charge in [0.15, 0.2) is 6.17 Å². The van der Waals surface area contributed by atoms with E-state index in [1.165, 1.54) is 6.92 Å². The number of hydrogen-bond donors (Lipinski definition) is 1. The predicted octanol–water partition coefficient (Wildman–Crippen LogP) is 6.62. The molecule has 0 aliphatic rings. The molecule has 36 heavy (non-hydrogen) atoms. The molecule has 0 radical (unpaired) electrons. The molecule has 192 valence electrons. The molecule has 3 rings (SSSR count). The van der Waals surface area contributed by atoms with Crippen LogP contribution < -0.4 is 0 Å². The summed E-state index contributed by atoms with van der Waals surface area (Å²) in [5.41, 5.74) is 0.165. The number of esters is 1. The summed E-state index contributed by atoms with van der Waals surface area (Å²) in [6.07, 6.45) is -4.35. The Balaban J connectivity index is 1.97. The highest BCUT2D eigenvalue weighted by atomic mass is 32.3. The summed E-state index contributed by atoms with van der Waals surface area (Å²) in [7, 11) is -8.07. The molecule has 3 aromatic carbocycles. The number of benzene rings is 3. The Labute approximate surface area is 209 Å². The zero-order valence-electron chi connectivity index (χ0n) is 19.3. The number of rotatable bonds is 10. The highest BCUT2D eigenvalue weighted by molar-refractivity contribution is 8.36. The summed E-state index contributed by atoms with van der Waals surface area (Å²) in [5, 5.41) is -3.22. The molecule has 0 saturated carbocycles. The zero-order valence-corrected chi connectivity index (χ0v) is 20.9. The fraction of sp³-hybridized carbons (Fsp3) is 0.192. The minimum absolute atomic E-state index is 0.165. The van der Waals surface area contributed by atoms with Crippen LogP contribution in [0.2, 0.25) is 0 Å². The monoisotopic (exact) mass is 538 g/mol. The molecule has 0 aromatic heterocycles. The molecule has 1 N–H and O–H groups in total. The fourth-order valence-corrected chi connectivity index (χ4v) is 7.58. The minimum atomic E-state index is -5.94. The summed E-state index contributed by atoms with van der Waals surface area (Å²) >= 11 is 0. The van der Waals surface area contributed by atoms with Gasteiger partial charge in [-0.1, -0.05) is 54.6 Å². The first-order valence-electron chi connectivity index (χ1n) is 10.8. The lowest BCUT2D eigenvalue weighted by Crippen LogP contribution is -2.39. The SMILES string of the molecule is CC(=CS(c1ccccc1)(c1ccccc1)c1ccccc1)C(=O)OCCC(F)C(F)(F)S(=O)(=O)O. The van der Waals surface area contributed by atoms with E-state index < -0.39 is 50.6 Å². The van der Waals surface area contributed by atoms with Gasteiger partial charge in [0.25, 0.3) is 0 Å².